The van der Waals surface area contributed by atoms with Crippen LogP contribution in [0.1, 0.15) is 25.3 Å². The summed E-state index contributed by atoms with van der Waals surface area (Å²) in [5.74, 6) is -0.740. The van der Waals surface area contributed by atoms with Crippen LogP contribution in [-0.2, 0) is 0 Å². The summed E-state index contributed by atoms with van der Waals surface area (Å²) >= 11 is 0. The minimum Gasteiger partial charge on any atom is -0.449 e. The van der Waals surface area contributed by atoms with E-state index in [4.69, 9.17) is 5.11 Å². The van der Waals surface area contributed by atoms with E-state index in [-0.39, 0.29) is 29.7 Å². The Balaban J connectivity index is 1.86. The Morgan fingerprint density at radius 3 is 2.69 bits per heavy atom. The summed E-state index contributed by atoms with van der Waals surface area (Å²) in [4.78, 5) is 25.2. The van der Waals surface area contributed by atoms with Crippen molar-refractivity contribution in [2.24, 2.45) is 5.92 Å². The van der Waals surface area contributed by atoms with Crippen LogP contribution in [0.3, 0.4) is 0 Å². The minimum absolute atomic E-state index is 0.0639. The number of hydrogen-bond donors (Lipinski definition) is 2. The molecule has 2 N–H and O–H groups in total. The van der Waals surface area contributed by atoms with E-state index in [2.05, 4.69) is 4.74 Å². The van der Waals surface area contributed by atoms with E-state index in [0.29, 0.717) is 24.3 Å². The molecule has 2 heterocycles. The van der Waals surface area contributed by atoms with E-state index in [1.165, 1.54) is 6.20 Å². The number of rotatable bonds is 4. The zero-order valence-electron chi connectivity index (χ0n) is 14.0. The van der Waals surface area contributed by atoms with Crippen LogP contribution in [0.2, 0.25) is 0 Å². The quantitative estimate of drug-likeness (QED) is 0.811. The highest BCUT2D eigenvalue weighted by Crippen LogP contribution is 2.39. The highest BCUT2D eigenvalue weighted by atomic mass is 19.1. The molecule has 1 aliphatic carbocycles. The molecule has 138 valence electrons. The third kappa shape index (κ3) is 2.90. The molecule has 4 rings (SSSR count). The normalized spacial score (nSPS) is 19.9. The van der Waals surface area contributed by atoms with Crippen molar-refractivity contribution in [3.8, 4) is 5.75 Å². The van der Waals surface area contributed by atoms with Crippen molar-refractivity contribution in [3.63, 3.8) is 0 Å². The fraction of sp³-hybridized carbons (Fsp3) is 0.444. The van der Waals surface area contributed by atoms with Gasteiger partial charge < -0.3 is 24.4 Å². The summed E-state index contributed by atoms with van der Waals surface area (Å²) in [5, 5.41) is 18.2. The predicted molar refractivity (Wildman–Crippen MR) is 92.5 cm³/mol. The lowest BCUT2D eigenvalue weighted by Gasteiger charge is -2.21. The molecule has 1 atom stereocenters. The second-order valence-corrected chi connectivity index (χ2v) is 6.93. The van der Waals surface area contributed by atoms with Gasteiger partial charge in [-0.3, -0.25) is 4.79 Å². The third-order valence-electron chi connectivity index (χ3n) is 5.09. The first-order valence-corrected chi connectivity index (χ1v) is 8.63. The SMILES string of the molecule is O=C(O)Oc1cn(C2CC2)c2cc(N3CC[C@H](CO)C3)c(F)cc2c1=O. The number of benzene rings is 1. The number of fused-ring (bicyclic) bond motifs is 1. The standard InChI is InChI=1S/C18H19FN2O5/c19-13-5-12-14(6-15(13)20-4-3-10(7-20)9-22)21(11-1-2-11)8-16(17(12)23)26-18(24)25/h5-6,8,10-11,22H,1-4,7,9H2,(H,24,25)/t10-/m0/s1. The molecule has 2 aliphatic rings. The van der Waals surface area contributed by atoms with Crippen LogP contribution in [-0.4, -0.2) is 40.6 Å². The van der Waals surface area contributed by atoms with E-state index in [1.54, 1.807) is 10.6 Å². The Morgan fingerprint density at radius 1 is 1.31 bits per heavy atom. The van der Waals surface area contributed by atoms with Gasteiger partial charge >= 0.3 is 6.16 Å². The van der Waals surface area contributed by atoms with Crippen molar-refractivity contribution in [3.05, 3.63) is 34.4 Å². The maximum Gasteiger partial charge on any atom is 0.511 e. The molecule has 2 aromatic rings. The number of aliphatic hydroxyl groups is 1. The monoisotopic (exact) mass is 362 g/mol. The zero-order valence-corrected chi connectivity index (χ0v) is 14.0. The summed E-state index contributed by atoms with van der Waals surface area (Å²) in [7, 11) is 0. The second kappa shape index (κ2) is 6.28. The molecule has 0 amide bonds. The Bertz CT molecular complexity index is 937. The van der Waals surface area contributed by atoms with Gasteiger partial charge in [0.15, 0.2) is 5.75 Å². The molecule has 1 aromatic carbocycles. The highest BCUT2D eigenvalue weighted by molar-refractivity contribution is 5.85. The molecule has 1 aromatic heterocycles. The highest BCUT2D eigenvalue weighted by Gasteiger charge is 2.29. The molecule has 8 heteroatoms. The Labute approximate surface area is 148 Å². The van der Waals surface area contributed by atoms with Crippen molar-refractivity contribution in [1.29, 1.82) is 0 Å². The van der Waals surface area contributed by atoms with Crippen molar-refractivity contribution in [2.75, 3.05) is 24.6 Å². The number of ether oxygens (including phenoxy) is 1. The van der Waals surface area contributed by atoms with Crippen molar-refractivity contribution in [2.45, 2.75) is 25.3 Å². The fourth-order valence-electron chi connectivity index (χ4n) is 3.60. The molecule has 0 bridgehead atoms. The molecule has 2 fully saturated rings. The van der Waals surface area contributed by atoms with Gasteiger partial charge in [-0.05, 0) is 31.4 Å². The molecule has 1 saturated heterocycles. The summed E-state index contributed by atoms with van der Waals surface area (Å²) in [6.07, 6.45) is 2.43. The van der Waals surface area contributed by atoms with Gasteiger partial charge in [-0.1, -0.05) is 0 Å². The maximum atomic E-state index is 14.7. The number of hydrogen-bond acceptors (Lipinski definition) is 5. The van der Waals surface area contributed by atoms with Gasteiger partial charge in [0.05, 0.1) is 22.8 Å². The number of aliphatic hydroxyl groups excluding tert-OH is 1. The molecule has 0 unspecified atom stereocenters. The molecule has 26 heavy (non-hydrogen) atoms. The topological polar surface area (TPSA) is 92.0 Å². The van der Waals surface area contributed by atoms with E-state index in [1.807, 2.05) is 4.90 Å². The molecule has 7 nitrogen and oxygen atoms in total. The predicted octanol–water partition coefficient (Wildman–Crippen LogP) is 2.35. The number of aromatic nitrogens is 1. The molecule has 0 spiro atoms. The Hall–Kier alpha value is -2.61. The second-order valence-electron chi connectivity index (χ2n) is 6.93. The van der Waals surface area contributed by atoms with E-state index in [9.17, 15) is 19.1 Å². The van der Waals surface area contributed by atoms with Crippen molar-refractivity contribution >= 4 is 22.7 Å². The van der Waals surface area contributed by atoms with Gasteiger partial charge in [-0.15, -0.1) is 0 Å². The number of nitrogens with zero attached hydrogens (tertiary/aromatic N) is 2. The van der Waals surface area contributed by atoms with Gasteiger partial charge in [-0.25, -0.2) is 9.18 Å². The van der Waals surface area contributed by atoms with Crippen LogP contribution in [0.5, 0.6) is 5.75 Å². The van der Waals surface area contributed by atoms with Crippen LogP contribution in [0.4, 0.5) is 14.9 Å². The lowest BCUT2D eigenvalue weighted by Crippen LogP contribution is -2.22. The molecular weight excluding hydrogens is 343 g/mol. The molecule has 1 aliphatic heterocycles. The maximum absolute atomic E-state index is 14.7. The average Bonchev–Trinajstić information content (AvgIpc) is 3.34. The largest absolute Gasteiger partial charge is 0.511 e. The van der Waals surface area contributed by atoms with Crippen LogP contribution in [0.15, 0.2) is 23.1 Å². The number of halogens is 1. The number of anilines is 1. The number of carbonyl (C=O) groups is 1. The van der Waals surface area contributed by atoms with E-state index >= 15 is 0 Å². The van der Waals surface area contributed by atoms with Gasteiger partial charge in [0.25, 0.3) is 0 Å². The van der Waals surface area contributed by atoms with Crippen molar-refractivity contribution in [1.82, 2.24) is 4.57 Å². The number of carboxylic acid groups (broad SMARTS) is 1. The summed E-state index contributed by atoms with van der Waals surface area (Å²) in [6.45, 7) is 1.27. The lowest BCUT2D eigenvalue weighted by molar-refractivity contribution is 0.143. The van der Waals surface area contributed by atoms with Crippen LogP contribution in [0.25, 0.3) is 10.9 Å². The van der Waals surface area contributed by atoms with Crippen molar-refractivity contribution < 1.29 is 24.1 Å². The first kappa shape index (κ1) is 16.8. The van der Waals surface area contributed by atoms with E-state index in [0.717, 1.165) is 25.3 Å². The lowest BCUT2D eigenvalue weighted by atomic mass is 10.1. The first-order valence-electron chi connectivity index (χ1n) is 8.63. The third-order valence-corrected chi connectivity index (χ3v) is 5.09. The smallest absolute Gasteiger partial charge is 0.449 e. The molecular formula is C18H19FN2O5. The Morgan fingerprint density at radius 2 is 2.08 bits per heavy atom. The first-order chi connectivity index (χ1) is 12.5. The van der Waals surface area contributed by atoms with Crippen LogP contribution >= 0.6 is 0 Å². The van der Waals surface area contributed by atoms with E-state index < -0.39 is 17.4 Å². The number of pyridine rings is 1. The Kier molecular flexibility index (Phi) is 4.07. The van der Waals surface area contributed by atoms with Gasteiger partial charge in [0.1, 0.15) is 5.82 Å². The summed E-state index contributed by atoms with van der Waals surface area (Å²) < 4.78 is 21.1. The minimum atomic E-state index is -1.58. The van der Waals surface area contributed by atoms with Crippen LogP contribution in [0, 0.1) is 11.7 Å². The summed E-state index contributed by atoms with van der Waals surface area (Å²) in [6, 6.07) is 2.96. The van der Waals surface area contributed by atoms with Gasteiger partial charge in [-0.2, -0.15) is 0 Å². The van der Waals surface area contributed by atoms with Crippen LogP contribution < -0.4 is 15.1 Å². The summed E-state index contributed by atoms with van der Waals surface area (Å²) in [5.41, 5.74) is 0.327. The van der Waals surface area contributed by atoms with Gasteiger partial charge in [0, 0.05) is 31.7 Å². The zero-order chi connectivity index (χ0) is 18.4. The molecule has 1 saturated carbocycles. The average molecular weight is 362 g/mol. The fourth-order valence-corrected chi connectivity index (χ4v) is 3.60. The van der Waals surface area contributed by atoms with Gasteiger partial charge in [0.2, 0.25) is 5.43 Å². The molecule has 0 radical (unpaired) electrons.